The summed E-state index contributed by atoms with van der Waals surface area (Å²) in [7, 11) is 2.57. The van der Waals surface area contributed by atoms with Crippen LogP contribution in [0.3, 0.4) is 0 Å². The van der Waals surface area contributed by atoms with E-state index in [0.29, 0.717) is 0 Å². The van der Waals surface area contributed by atoms with Gasteiger partial charge in [-0.2, -0.15) is 0 Å². The lowest BCUT2D eigenvalue weighted by molar-refractivity contribution is 0.332. The Labute approximate surface area is 426 Å². The van der Waals surface area contributed by atoms with E-state index >= 15 is 0 Å². The molecule has 0 saturated heterocycles. The highest BCUT2D eigenvalue weighted by Gasteiger charge is 2.39. The summed E-state index contributed by atoms with van der Waals surface area (Å²) < 4.78 is 5.33. The highest BCUT2D eigenvalue weighted by molar-refractivity contribution is 7.25. The van der Waals surface area contributed by atoms with Crippen LogP contribution in [0.25, 0.3) is 58.8 Å². The van der Waals surface area contributed by atoms with Crippen LogP contribution >= 0.6 is 11.3 Å². The zero-order chi connectivity index (χ0) is 48.4. The van der Waals surface area contributed by atoms with Crippen molar-refractivity contribution in [1.82, 2.24) is 4.57 Å². The van der Waals surface area contributed by atoms with Crippen molar-refractivity contribution >= 4 is 82.9 Å². The molecule has 0 unspecified atom stereocenters. The van der Waals surface area contributed by atoms with Gasteiger partial charge in [-0.15, -0.1) is 11.3 Å². The zero-order valence-electron chi connectivity index (χ0n) is 42.6. The first-order valence-corrected chi connectivity index (χ1v) is 27.5. The highest BCUT2D eigenvalue weighted by atomic mass is 32.1. The summed E-state index contributed by atoms with van der Waals surface area (Å²) in [6, 6.07) is 61.1. The van der Waals surface area contributed by atoms with Crippen molar-refractivity contribution in [1.29, 1.82) is 0 Å². The van der Waals surface area contributed by atoms with E-state index in [9.17, 15) is 0 Å². The Kier molecular flexibility index (Phi) is 11.8. The van der Waals surface area contributed by atoms with E-state index in [1.807, 2.05) is 11.3 Å². The molecule has 1 radical (unpaired) electrons. The van der Waals surface area contributed by atoms with Crippen LogP contribution in [0.2, 0.25) is 0 Å². The molecular weight excluding hydrogens is 876 g/mol. The van der Waals surface area contributed by atoms with Gasteiger partial charge < -0.3 is 9.88 Å². The van der Waals surface area contributed by atoms with Crippen molar-refractivity contribution in [2.75, 3.05) is 5.32 Å². The van der Waals surface area contributed by atoms with Crippen LogP contribution < -0.4 is 16.2 Å². The molecule has 71 heavy (non-hydrogen) atoms. The summed E-state index contributed by atoms with van der Waals surface area (Å²) in [6.45, 7) is 14.5. The molecule has 0 fully saturated rings. The number of nitrogens with one attached hydrogen (secondary N) is 1. The quantitative estimate of drug-likeness (QED) is 0.0653. The number of hydrogen-bond donors (Lipinski definition) is 1. The van der Waals surface area contributed by atoms with Crippen molar-refractivity contribution in [3.63, 3.8) is 0 Å². The van der Waals surface area contributed by atoms with Crippen molar-refractivity contribution < 1.29 is 0 Å². The van der Waals surface area contributed by atoms with Crippen LogP contribution in [-0.2, 0) is 23.7 Å². The summed E-state index contributed by atoms with van der Waals surface area (Å²) in [5.41, 5.74) is 21.1. The van der Waals surface area contributed by atoms with Gasteiger partial charge in [0.25, 0.3) is 0 Å². The van der Waals surface area contributed by atoms with Crippen LogP contribution in [0.15, 0.2) is 158 Å². The molecule has 353 valence electrons. The van der Waals surface area contributed by atoms with Crippen molar-refractivity contribution in [3.8, 4) is 16.8 Å². The van der Waals surface area contributed by atoms with Crippen LogP contribution in [-0.4, -0.2) is 11.8 Å². The van der Waals surface area contributed by atoms with Gasteiger partial charge in [-0.3, -0.25) is 0 Å². The monoisotopic (exact) mass is 942 g/mol. The molecule has 0 atom stereocenters. The third-order valence-electron chi connectivity index (χ3n) is 16.5. The normalized spacial score (nSPS) is 14.6. The Morgan fingerprint density at radius 1 is 0.577 bits per heavy atom. The summed E-state index contributed by atoms with van der Waals surface area (Å²) in [5.74, 6) is -0.0169. The molecule has 2 aliphatic rings. The minimum absolute atomic E-state index is 0.0169. The maximum Gasteiger partial charge on any atom is 0.197 e. The molecule has 1 aliphatic carbocycles. The third-order valence-corrected chi connectivity index (χ3v) is 17.6. The molecule has 1 aliphatic heterocycles. The van der Waals surface area contributed by atoms with E-state index in [1.165, 1.54) is 160 Å². The fourth-order valence-electron chi connectivity index (χ4n) is 12.4. The minimum Gasteiger partial charge on any atom is -0.355 e. The van der Waals surface area contributed by atoms with Gasteiger partial charge in [-0.05, 0) is 154 Å². The maximum atomic E-state index is 4.08. The first kappa shape index (κ1) is 45.8. The molecule has 2 aromatic heterocycles. The lowest BCUT2D eigenvalue weighted by Gasteiger charge is -2.42. The standard InChI is InChI=1S/C67H66BN2S/c1-7-9-13-21-43-29-32-47(33-30-43)69-57-40-50-48-27-19-20-28-60(48)71-61(50)41-49(57)51-38-53(62(45-23-15-11-16-24-45)46-25-17-12-18-26-46)63-52-39-54-55(67(5,6)36-35-66(54,3)4)42-59(52)70-58-34-31-44(22-14-10-8-2)37-56(58)68-64(51)65(63)70/h11-12,15-20,23-34,37-42,62,69H,7-10,13-14,21-22,35-36H2,1-6H3. The van der Waals surface area contributed by atoms with E-state index in [1.54, 1.807) is 0 Å². The number of aromatic nitrogens is 1. The SMILES string of the molecule is CCCCCc1ccc(Nc2cc3c(cc2-c2cc(C(c4ccccc4)c4ccccc4)c4c5cc6c(cc5n5c4c2[B]c2cc(CCCCC)ccc2-5)C(C)(C)CCC6(C)C)sc2ccccc23)cc1. The largest absolute Gasteiger partial charge is 0.355 e. The van der Waals surface area contributed by atoms with Crippen LogP contribution in [0.1, 0.15) is 138 Å². The first-order chi connectivity index (χ1) is 34.6. The summed E-state index contributed by atoms with van der Waals surface area (Å²) in [5, 5.41) is 9.41. The Balaban J connectivity index is 1.21. The smallest absolute Gasteiger partial charge is 0.197 e. The second-order valence-corrected chi connectivity index (χ2v) is 23.3. The molecule has 12 rings (SSSR count). The van der Waals surface area contributed by atoms with E-state index in [4.69, 9.17) is 0 Å². The van der Waals surface area contributed by atoms with Gasteiger partial charge in [0.1, 0.15) is 0 Å². The Hall–Kier alpha value is -6.36. The van der Waals surface area contributed by atoms with Gasteiger partial charge in [-0.25, -0.2) is 0 Å². The number of anilines is 2. The molecule has 0 bridgehead atoms. The Bertz CT molecular complexity index is 3570. The molecule has 0 amide bonds. The average Bonchev–Trinajstić information content (AvgIpc) is 3.93. The molecule has 3 heterocycles. The fraction of sp³-hybridized carbons (Fsp3) is 0.284. The predicted molar refractivity (Wildman–Crippen MR) is 309 cm³/mol. The zero-order valence-corrected chi connectivity index (χ0v) is 43.4. The molecule has 0 saturated carbocycles. The molecule has 1 N–H and O–H groups in total. The van der Waals surface area contributed by atoms with E-state index in [-0.39, 0.29) is 16.7 Å². The lowest BCUT2D eigenvalue weighted by Crippen LogP contribution is -2.38. The van der Waals surface area contributed by atoms with Gasteiger partial charge >= 0.3 is 0 Å². The Morgan fingerprint density at radius 2 is 1.21 bits per heavy atom. The van der Waals surface area contributed by atoms with Crippen LogP contribution in [0, 0.1) is 0 Å². The lowest BCUT2D eigenvalue weighted by atomic mass is 9.58. The number of hydrogen-bond acceptors (Lipinski definition) is 2. The van der Waals surface area contributed by atoms with Crippen LogP contribution in [0.5, 0.6) is 0 Å². The minimum atomic E-state index is -0.0169. The Morgan fingerprint density at radius 3 is 1.90 bits per heavy atom. The average molecular weight is 942 g/mol. The summed E-state index contributed by atoms with van der Waals surface area (Å²) >= 11 is 1.91. The number of aryl methyl sites for hydroxylation is 2. The molecule has 4 heteroatoms. The van der Waals surface area contributed by atoms with Gasteiger partial charge in [0, 0.05) is 65.0 Å². The summed E-state index contributed by atoms with van der Waals surface area (Å²) in [6.07, 6.45) is 12.0. The molecular formula is C67H66BN2S. The maximum absolute atomic E-state index is 4.08. The van der Waals surface area contributed by atoms with Crippen LogP contribution in [0.4, 0.5) is 11.4 Å². The van der Waals surface area contributed by atoms with Crippen molar-refractivity contribution in [2.24, 2.45) is 0 Å². The highest BCUT2D eigenvalue weighted by Crippen LogP contribution is 2.51. The number of nitrogens with zero attached hydrogens (tertiary/aromatic N) is 1. The second-order valence-electron chi connectivity index (χ2n) is 22.2. The fourth-order valence-corrected chi connectivity index (χ4v) is 13.5. The number of unbranched alkanes of at least 4 members (excludes halogenated alkanes) is 4. The molecule has 8 aromatic carbocycles. The molecule has 10 aromatic rings. The molecule has 0 spiro atoms. The van der Waals surface area contributed by atoms with E-state index in [0.717, 1.165) is 24.2 Å². The van der Waals surface area contributed by atoms with Gasteiger partial charge in [-0.1, -0.05) is 176 Å². The van der Waals surface area contributed by atoms with Gasteiger partial charge in [0.05, 0.1) is 5.52 Å². The first-order valence-electron chi connectivity index (χ1n) is 26.7. The van der Waals surface area contributed by atoms with Crippen molar-refractivity contribution in [2.45, 2.75) is 122 Å². The number of thiophene rings is 1. The van der Waals surface area contributed by atoms with Crippen molar-refractivity contribution in [3.05, 3.63) is 197 Å². The van der Waals surface area contributed by atoms with Gasteiger partial charge in [0.15, 0.2) is 7.28 Å². The molecule has 2 nitrogen and oxygen atoms in total. The van der Waals surface area contributed by atoms with E-state index < -0.39 is 0 Å². The summed E-state index contributed by atoms with van der Waals surface area (Å²) in [4.78, 5) is 0. The van der Waals surface area contributed by atoms with E-state index in [2.05, 4.69) is 216 Å². The van der Waals surface area contributed by atoms with Gasteiger partial charge in [0.2, 0.25) is 0 Å². The number of rotatable bonds is 14. The topological polar surface area (TPSA) is 17.0 Å². The number of fused-ring (bicyclic) bond motifs is 9. The predicted octanol–water partition coefficient (Wildman–Crippen LogP) is 17.5. The third kappa shape index (κ3) is 8.11. The second kappa shape index (κ2) is 18.4. The number of benzene rings is 8.